The third-order valence-electron chi connectivity index (χ3n) is 5.06. The molecule has 1 aromatic heterocycles. The Kier molecular flexibility index (Phi) is 7.01. The van der Waals surface area contributed by atoms with Crippen LogP contribution in [0.25, 0.3) is 16.3 Å². The first kappa shape index (κ1) is 20.3. The van der Waals surface area contributed by atoms with Crippen molar-refractivity contribution >= 4 is 23.4 Å². The Morgan fingerprint density at radius 3 is 2.82 bits per heavy atom. The average molecular weight is 396 g/mol. The zero-order chi connectivity index (χ0) is 19.9. The van der Waals surface area contributed by atoms with Gasteiger partial charge in [0.2, 0.25) is 0 Å². The molecule has 0 radical (unpaired) electrons. The van der Waals surface area contributed by atoms with E-state index in [1.165, 1.54) is 0 Å². The van der Waals surface area contributed by atoms with Crippen molar-refractivity contribution in [2.75, 3.05) is 6.54 Å². The molecule has 2 heterocycles. The zero-order valence-corrected chi connectivity index (χ0v) is 17.6. The molecule has 1 aliphatic rings. The summed E-state index contributed by atoms with van der Waals surface area (Å²) in [5, 5.41) is 9.52. The van der Waals surface area contributed by atoms with Crippen molar-refractivity contribution in [3.05, 3.63) is 60.3 Å². The van der Waals surface area contributed by atoms with Gasteiger partial charge in [-0.15, -0.1) is 11.3 Å². The fourth-order valence-electron chi connectivity index (χ4n) is 3.45. The lowest BCUT2D eigenvalue weighted by molar-refractivity contribution is 0.232. The molecule has 148 valence electrons. The summed E-state index contributed by atoms with van der Waals surface area (Å²) in [6.45, 7) is 12.0. The summed E-state index contributed by atoms with van der Waals surface area (Å²) >= 11 is 1.66. The number of nitrogens with one attached hydrogen (secondary N) is 2. The number of aliphatic imine (C=N–C) groups is 1. The lowest BCUT2D eigenvalue weighted by Crippen LogP contribution is -2.45. The summed E-state index contributed by atoms with van der Waals surface area (Å²) in [5.41, 5.74) is 3.32. The normalized spacial score (nSPS) is 17.8. The Morgan fingerprint density at radius 2 is 2.14 bits per heavy atom. The van der Waals surface area contributed by atoms with Crippen LogP contribution in [0, 0.1) is 0 Å². The maximum absolute atomic E-state index is 4.51. The number of hydrogen-bond donors (Lipinski definition) is 2. The monoisotopic (exact) mass is 395 g/mol. The minimum Gasteiger partial charge on any atom is -0.365 e. The van der Waals surface area contributed by atoms with Gasteiger partial charge in [0.25, 0.3) is 0 Å². The number of hydrogen-bond acceptors (Lipinski definition) is 6. The second kappa shape index (κ2) is 9.66. The molecule has 0 saturated heterocycles. The highest BCUT2D eigenvalue weighted by Gasteiger charge is 2.24. The van der Waals surface area contributed by atoms with Crippen LogP contribution in [-0.2, 0) is 0 Å². The molecule has 0 fully saturated rings. The molecular weight excluding hydrogens is 366 g/mol. The van der Waals surface area contributed by atoms with Gasteiger partial charge < -0.3 is 10.2 Å². The summed E-state index contributed by atoms with van der Waals surface area (Å²) in [4.78, 5) is 11.3. The van der Waals surface area contributed by atoms with Crippen LogP contribution in [0.5, 0.6) is 0 Å². The molecule has 0 saturated carbocycles. The van der Waals surface area contributed by atoms with Crippen LogP contribution >= 0.6 is 11.3 Å². The van der Waals surface area contributed by atoms with Gasteiger partial charge in [-0.3, -0.25) is 10.3 Å². The molecule has 0 spiro atoms. The summed E-state index contributed by atoms with van der Waals surface area (Å²) in [5.74, 6) is 0. The molecular formula is C22H29N5S. The largest absolute Gasteiger partial charge is 0.365 e. The van der Waals surface area contributed by atoms with Crippen LogP contribution in [0.3, 0.4) is 0 Å². The molecule has 2 N–H and O–H groups in total. The molecule has 0 amide bonds. The Hall–Kier alpha value is -2.44. The minimum absolute atomic E-state index is 0.0124. The lowest BCUT2D eigenvalue weighted by Gasteiger charge is -2.39. The van der Waals surface area contributed by atoms with Crippen LogP contribution in [-0.4, -0.2) is 41.0 Å². The first-order chi connectivity index (χ1) is 13.6. The first-order valence-electron chi connectivity index (χ1n) is 9.76. The van der Waals surface area contributed by atoms with Gasteiger partial charge >= 0.3 is 0 Å². The molecule has 2 aromatic rings. The second-order valence-electron chi connectivity index (χ2n) is 7.00. The third-order valence-corrected chi connectivity index (χ3v) is 5.87. The zero-order valence-electron chi connectivity index (χ0n) is 16.8. The van der Waals surface area contributed by atoms with E-state index in [9.17, 15) is 0 Å². The van der Waals surface area contributed by atoms with Crippen LogP contribution in [0.1, 0.15) is 32.8 Å². The number of aromatic nitrogens is 1. The van der Waals surface area contributed by atoms with Crippen molar-refractivity contribution in [3.63, 3.8) is 0 Å². The van der Waals surface area contributed by atoms with Crippen molar-refractivity contribution in [2.45, 2.75) is 45.4 Å². The molecule has 3 unspecified atom stereocenters. The topological polar surface area (TPSA) is 52.6 Å². The van der Waals surface area contributed by atoms with Gasteiger partial charge in [-0.25, -0.2) is 4.98 Å². The average Bonchev–Trinajstić information content (AvgIpc) is 3.27. The fourth-order valence-corrected chi connectivity index (χ4v) is 4.13. The van der Waals surface area contributed by atoms with Gasteiger partial charge in [0, 0.05) is 53.2 Å². The Labute approximate surface area is 171 Å². The highest BCUT2D eigenvalue weighted by molar-refractivity contribution is 7.13. The summed E-state index contributed by atoms with van der Waals surface area (Å²) in [7, 11) is 0. The standard InChI is InChI=1S/C22H29N5S/c1-5-16(2)27(17(3)14-25-21-10-11-23-15-26-21)18(4)19-8-6-7-9-20(19)22-24-12-13-28-22/h6-13,15-17,21,25H,4-5,14H2,1-3H3,(H,23,26). The van der Waals surface area contributed by atoms with Gasteiger partial charge in [-0.1, -0.05) is 37.8 Å². The van der Waals surface area contributed by atoms with Gasteiger partial charge in [-0.2, -0.15) is 0 Å². The molecule has 3 atom stereocenters. The van der Waals surface area contributed by atoms with Gasteiger partial charge in [0.05, 0.1) is 6.34 Å². The second-order valence-corrected chi connectivity index (χ2v) is 7.89. The number of nitrogens with zero attached hydrogens (tertiary/aromatic N) is 3. The van der Waals surface area contributed by atoms with Crippen molar-refractivity contribution in [1.82, 2.24) is 20.5 Å². The van der Waals surface area contributed by atoms with E-state index in [1.54, 1.807) is 17.7 Å². The van der Waals surface area contributed by atoms with Crippen molar-refractivity contribution in [1.29, 1.82) is 0 Å². The van der Waals surface area contributed by atoms with Crippen LogP contribution < -0.4 is 10.6 Å². The van der Waals surface area contributed by atoms with Gasteiger partial charge in [0.1, 0.15) is 11.2 Å². The fraction of sp³-hybridized carbons (Fsp3) is 0.364. The van der Waals surface area contributed by atoms with Crippen LogP contribution in [0.2, 0.25) is 0 Å². The van der Waals surface area contributed by atoms with Crippen molar-refractivity contribution in [2.24, 2.45) is 4.99 Å². The Bertz CT molecular complexity index is 815. The smallest absolute Gasteiger partial charge is 0.123 e. The predicted octanol–water partition coefficient (Wildman–Crippen LogP) is 4.33. The van der Waals surface area contributed by atoms with E-state index in [-0.39, 0.29) is 12.2 Å². The van der Waals surface area contributed by atoms with E-state index in [1.807, 2.05) is 23.9 Å². The van der Waals surface area contributed by atoms with Gasteiger partial charge in [-0.05, 0) is 26.3 Å². The molecule has 0 aliphatic carbocycles. The van der Waals surface area contributed by atoms with E-state index in [0.717, 1.165) is 34.8 Å². The molecule has 1 aromatic carbocycles. The molecule has 5 nitrogen and oxygen atoms in total. The van der Waals surface area contributed by atoms with E-state index in [2.05, 4.69) is 77.1 Å². The Morgan fingerprint density at radius 1 is 1.32 bits per heavy atom. The van der Waals surface area contributed by atoms with Crippen molar-refractivity contribution in [3.8, 4) is 10.6 Å². The summed E-state index contributed by atoms with van der Waals surface area (Å²) in [6, 6.07) is 9.06. The molecule has 28 heavy (non-hydrogen) atoms. The minimum atomic E-state index is 0.0124. The van der Waals surface area contributed by atoms with E-state index in [0.29, 0.717) is 6.04 Å². The third kappa shape index (κ3) is 4.69. The maximum atomic E-state index is 4.51. The summed E-state index contributed by atoms with van der Waals surface area (Å²) in [6.07, 6.45) is 8.56. The van der Waals surface area contributed by atoms with Crippen molar-refractivity contribution < 1.29 is 0 Å². The van der Waals surface area contributed by atoms with Crippen LogP contribution in [0.15, 0.2) is 59.7 Å². The summed E-state index contributed by atoms with van der Waals surface area (Å²) < 4.78 is 0. The molecule has 0 bridgehead atoms. The SMILES string of the molecule is C=C(c1ccccc1-c1nccs1)N(C(C)CC)C(C)CNC1C=CNC=N1. The lowest BCUT2D eigenvalue weighted by atomic mass is 10.0. The quantitative estimate of drug-likeness (QED) is 0.663. The number of benzene rings is 1. The number of thiazole rings is 1. The van der Waals surface area contributed by atoms with E-state index in [4.69, 9.17) is 0 Å². The van der Waals surface area contributed by atoms with Crippen LogP contribution in [0.4, 0.5) is 0 Å². The molecule has 1 aliphatic heterocycles. The first-order valence-corrected chi connectivity index (χ1v) is 10.6. The van der Waals surface area contributed by atoms with E-state index < -0.39 is 0 Å². The highest BCUT2D eigenvalue weighted by Crippen LogP contribution is 2.33. The number of rotatable bonds is 9. The van der Waals surface area contributed by atoms with E-state index >= 15 is 0 Å². The predicted molar refractivity (Wildman–Crippen MR) is 120 cm³/mol. The highest BCUT2D eigenvalue weighted by atomic mass is 32.1. The molecule has 3 rings (SSSR count). The maximum Gasteiger partial charge on any atom is 0.123 e. The van der Waals surface area contributed by atoms with Gasteiger partial charge in [0.15, 0.2) is 0 Å². The Balaban J connectivity index is 1.81. The molecule has 6 heteroatoms.